The van der Waals surface area contributed by atoms with Crippen LogP contribution in [0.5, 0.6) is 0 Å². The van der Waals surface area contributed by atoms with E-state index in [2.05, 4.69) is 15.6 Å². The number of halogens is 4. The minimum atomic E-state index is -4.36. The highest BCUT2D eigenvalue weighted by Gasteiger charge is 2.30. The van der Waals surface area contributed by atoms with E-state index in [1.165, 1.54) is 6.07 Å². The van der Waals surface area contributed by atoms with Crippen molar-refractivity contribution in [3.05, 3.63) is 70.8 Å². The molecule has 9 heteroatoms. The highest BCUT2D eigenvalue weighted by Crippen LogP contribution is 2.29. The maximum absolute atomic E-state index is 12.8. The van der Waals surface area contributed by atoms with Crippen LogP contribution in [0.15, 0.2) is 53.5 Å². The zero-order valence-corrected chi connectivity index (χ0v) is 19.5. The maximum atomic E-state index is 12.8. The Balaban J connectivity index is 0.00000341. The van der Waals surface area contributed by atoms with Crippen molar-refractivity contribution < 1.29 is 18.0 Å². The molecule has 2 aromatic rings. The molecule has 1 aliphatic heterocycles. The van der Waals surface area contributed by atoms with Gasteiger partial charge in [-0.15, -0.1) is 24.0 Å². The fourth-order valence-corrected chi connectivity index (χ4v) is 3.30. The number of alkyl halides is 3. The zero-order valence-electron chi connectivity index (χ0n) is 17.2. The van der Waals surface area contributed by atoms with Crippen molar-refractivity contribution in [3.63, 3.8) is 0 Å². The Bertz CT molecular complexity index is 900. The normalized spacial score (nSPS) is 14.4. The Morgan fingerprint density at radius 2 is 1.68 bits per heavy atom. The average molecular weight is 546 g/mol. The molecule has 0 aliphatic carbocycles. The van der Waals surface area contributed by atoms with Crippen LogP contribution in [0.4, 0.5) is 13.2 Å². The average Bonchev–Trinajstić information content (AvgIpc) is 3.13. The summed E-state index contributed by atoms with van der Waals surface area (Å²) in [5.74, 6) is 0.704. The molecule has 31 heavy (non-hydrogen) atoms. The molecule has 1 fully saturated rings. The van der Waals surface area contributed by atoms with E-state index in [1.807, 2.05) is 29.2 Å². The van der Waals surface area contributed by atoms with E-state index >= 15 is 0 Å². The lowest BCUT2D eigenvalue weighted by atomic mass is 10.1. The van der Waals surface area contributed by atoms with Gasteiger partial charge in [-0.1, -0.05) is 36.4 Å². The number of nitrogens with zero attached hydrogens (tertiary/aromatic N) is 2. The van der Waals surface area contributed by atoms with E-state index in [9.17, 15) is 18.0 Å². The standard InChI is InChI=1S/C22H25F3N4O.HI/c1-26-21(28-14-18-4-2-5-19(12-18)22(23,24)25)27-13-16-7-9-17(10-8-16)15-29-11-3-6-20(29)30;/h2,4-5,7-10,12H,3,6,11,13-15H2,1H3,(H2,26,27,28);1H. The van der Waals surface area contributed by atoms with Crippen molar-refractivity contribution in [1.29, 1.82) is 0 Å². The van der Waals surface area contributed by atoms with Crippen LogP contribution < -0.4 is 10.6 Å². The lowest BCUT2D eigenvalue weighted by Gasteiger charge is -2.16. The van der Waals surface area contributed by atoms with Gasteiger partial charge in [0, 0.05) is 39.6 Å². The molecule has 2 aromatic carbocycles. The van der Waals surface area contributed by atoms with Crippen molar-refractivity contribution in [1.82, 2.24) is 15.5 Å². The molecule has 1 saturated heterocycles. The molecule has 0 radical (unpaired) electrons. The molecule has 3 rings (SSSR count). The second kappa shape index (κ2) is 11.4. The SMILES string of the molecule is CN=C(NCc1ccc(CN2CCCC2=O)cc1)NCc1cccc(C(F)(F)F)c1.I. The molecule has 0 bridgehead atoms. The number of amides is 1. The van der Waals surface area contributed by atoms with Gasteiger partial charge in [0.1, 0.15) is 0 Å². The highest BCUT2D eigenvalue weighted by molar-refractivity contribution is 14.0. The molecule has 5 nitrogen and oxygen atoms in total. The molecule has 0 spiro atoms. The molecule has 1 aliphatic rings. The van der Waals surface area contributed by atoms with Crippen LogP contribution in [0.3, 0.4) is 0 Å². The second-order valence-corrected chi connectivity index (χ2v) is 7.21. The first-order chi connectivity index (χ1) is 14.3. The van der Waals surface area contributed by atoms with Crippen LogP contribution in [-0.4, -0.2) is 30.4 Å². The second-order valence-electron chi connectivity index (χ2n) is 7.21. The molecular weight excluding hydrogens is 520 g/mol. The molecule has 2 N–H and O–H groups in total. The summed E-state index contributed by atoms with van der Waals surface area (Å²) in [6.07, 6.45) is -2.80. The molecular formula is C22H26F3IN4O. The van der Waals surface area contributed by atoms with Crippen molar-refractivity contribution in [2.75, 3.05) is 13.6 Å². The number of aliphatic imine (C=N–C) groups is 1. The van der Waals surface area contributed by atoms with Crippen molar-refractivity contribution in [2.24, 2.45) is 4.99 Å². The molecule has 168 valence electrons. The van der Waals surface area contributed by atoms with E-state index in [-0.39, 0.29) is 36.4 Å². The predicted molar refractivity (Wildman–Crippen MR) is 125 cm³/mol. The van der Waals surface area contributed by atoms with Gasteiger partial charge in [-0.05, 0) is 35.2 Å². The summed E-state index contributed by atoms with van der Waals surface area (Å²) in [7, 11) is 1.61. The van der Waals surface area contributed by atoms with E-state index < -0.39 is 11.7 Å². The van der Waals surface area contributed by atoms with Crippen LogP contribution in [0.25, 0.3) is 0 Å². The number of benzene rings is 2. The largest absolute Gasteiger partial charge is 0.416 e. The summed E-state index contributed by atoms with van der Waals surface area (Å²) in [4.78, 5) is 17.7. The number of carbonyl (C=O) groups excluding carboxylic acids is 1. The van der Waals surface area contributed by atoms with Crippen molar-refractivity contribution in [3.8, 4) is 0 Å². The number of guanidine groups is 1. The number of rotatable bonds is 6. The Morgan fingerprint density at radius 1 is 1.03 bits per heavy atom. The Kier molecular flexibility index (Phi) is 9.15. The van der Waals surface area contributed by atoms with Crippen molar-refractivity contribution >= 4 is 35.8 Å². The lowest BCUT2D eigenvalue weighted by Crippen LogP contribution is -2.36. The third-order valence-electron chi connectivity index (χ3n) is 4.97. The summed E-state index contributed by atoms with van der Waals surface area (Å²) in [5, 5.41) is 6.18. The fourth-order valence-electron chi connectivity index (χ4n) is 3.30. The first-order valence-electron chi connectivity index (χ1n) is 9.81. The number of likely N-dealkylation sites (tertiary alicyclic amines) is 1. The van der Waals surface area contributed by atoms with Crippen LogP contribution in [0, 0.1) is 0 Å². The maximum Gasteiger partial charge on any atom is 0.416 e. The summed E-state index contributed by atoms with van der Waals surface area (Å²) in [6.45, 7) is 2.19. The zero-order chi connectivity index (χ0) is 21.6. The Morgan fingerprint density at radius 3 is 2.26 bits per heavy atom. The summed E-state index contributed by atoms with van der Waals surface area (Å²) in [6, 6.07) is 13.2. The van der Waals surface area contributed by atoms with Crippen LogP contribution in [0.2, 0.25) is 0 Å². The van der Waals surface area contributed by atoms with E-state index in [1.54, 1.807) is 13.1 Å². The van der Waals surface area contributed by atoms with Crippen molar-refractivity contribution in [2.45, 2.75) is 38.7 Å². The fraction of sp³-hybridized carbons (Fsp3) is 0.364. The van der Waals surface area contributed by atoms with E-state index in [0.29, 0.717) is 31.0 Å². The highest BCUT2D eigenvalue weighted by atomic mass is 127. The molecule has 0 aromatic heterocycles. The van der Waals surface area contributed by atoms with Gasteiger partial charge in [-0.3, -0.25) is 9.79 Å². The van der Waals surface area contributed by atoms with E-state index in [4.69, 9.17) is 0 Å². The van der Waals surface area contributed by atoms with Gasteiger partial charge < -0.3 is 15.5 Å². The number of hydrogen-bond acceptors (Lipinski definition) is 2. The van der Waals surface area contributed by atoms with Gasteiger partial charge in [0.25, 0.3) is 0 Å². The van der Waals surface area contributed by atoms with Gasteiger partial charge in [0.2, 0.25) is 5.91 Å². The lowest BCUT2D eigenvalue weighted by molar-refractivity contribution is -0.137. The van der Waals surface area contributed by atoms with Gasteiger partial charge in [-0.2, -0.15) is 13.2 Å². The first kappa shape index (κ1) is 25.0. The number of nitrogens with one attached hydrogen (secondary N) is 2. The monoisotopic (exact) mass is 546 g/mol. The molecule has 1 heterocycles. The van der Waals surface area contributed by atoms with Gasteiger partial charge >= 0.3 is 6.18 Å². The molecule has 0 atom stereocenters. The molecule has 0 unspecified atom stereocenters. The van der Waals surface area contributed by atoms with Gasteiger partial charge in [0.05, 0.1) is 5.56 Å². The Labute approximate surface area is 197 Å². The molecule has 1 amide bonds. The minimum absolute atomic E-state index is 0. The van der Waals surface area contributed by atoms with Crippen LogP contribution in [0.1, 0.15) is 35.1 Å². The first-order valence-corrected chi connectivity index (χ1v) is 9.81. The predicted octanol–water partition coefficient (Wildman–Crippen LogP) is 4.31. The third kappa shape index (κ3) is 7.41. The number of carbonyl (C=O) groups is 1. The van der Waals surface area contributed by atoms with E-state index in [0.717, 1.165) is 36.2 Å². The topological polar surface area (TPSA) is 56.7 Å². The quantitative estimate of drug-likeness (QED) is 0.323. The third-order valence-corrected chi connectivity index (χ3v) is 4.97. The smallest absolute Gasteiger partial charge is 0.352 e. The summed E-state index contributed by atoms with van der Waals surface area (Å²) in [5.41, 5.74) is 1.98. The summed E-state index contributed by atoms with van der Waals surface area (Å²) < 4.78 is 38.5. The molecule has 0 saturated carbocycles. The van der Waals surface area contributed by atoms with Gasteiger partial charge in [0.15, 0.2) is 5.96 Å². The van der Waals surface area contributed by atoms with Crippen LogP contribution in [-0.2, 0) is 30.6 Å². The van der Waals surface area contributed by atoms with Gasteiger partial charge in [-0.25, -0.2) is 0 Å². The number of hydrogen-bond donors (Lipinski definition) is 2. The minimum Gasteiger partial charge on any atom is -0.352 e. The summed E-state index contributed by atoms with van der Waals surface area (Å²) >= 11 is 0. The van der Waals surface area contributed by atoms with Crippen LogP contribution >= 0.6 is 24.0 Å². The Hall–Kier alpha value is -2.30.